The van der Waals surface area contributed by atoms with Crippen molar-refractivity contribution in [1.82, 2.24) is 4.98 Å². The molecule has 0 unspecified atom stereocenters. The molecule has 4 heteroatoms. The second-order valence-corrected chi connectivity index (χ2v) is 4.86. The zero-order valence-corrected chi connectivity index (χ0v) is 11.1. The Kier molecular flexibility index (Phi) is 3.90. The molecule has 0 aliphatic carbocycles. The van der Waals surface area contributed by atoms with E-state index in [2.05, 4.69) is 18.8 Å². The van der Waals surface area contributed by atoms with Gasteiger partial charge >= 0.3 is 0 Å². The van der Waals surface area contributed by atoms with E-state index in [1.165, 1.54) is 0 Å². The molecule has 1 heterocycles. The average molecular weight is 258 g/mol. The van der Waals surface area contributed by atoms with Gasteiger partial charge in [-0.3, -0.25) is 4.79 Å². The van der Waals surface area contributed by atoms with Crippen molar-refractivity contribution in [3.63, 3.8) is 0 Å². The third kappa shape index (κ3) is 3.16. The van der Waals surface area contributed by atoms with E-state index in [0.717, 1.165) is 11.3 Å². The van der Waals surface area contributed by atoms with Crippen molar-refractivity contribution < 1.29 is 4.74 Å². The van der Waals surface area contributed by atoms with Crippen LogP contribution >= 0.6 is 0 Å². The Morgan fingerprint density at radius 3 is 2.63 bits per heavy atom. The highest BCUT2D eigenvalue weighted by Gasteiger charge is 2.08. The molecule has 0 bridgehead atoms. The molecule has 0 saturated carbocycles. The molecule has 100 valence electrons. The summed E-state index contributed by atoms with van der Waals surface area (Å²) < 4.78 is 5.77. The number of aromatic amines is 1. The molecule has 0 saturated heterocycles. The SMILES string of the molecule is CC(C)COc1ccccc1-c1ccc(N)c(=O)[nH]1. The van der Waals surface area contributed by atoms with Gasteiger partial charge in [-0.15, -0.1) is 0 Å². The quantitative estimate of drug-likeness (QED) is 0.885. The van der Waals surface area contributed by atoms with Crippen molar-refractivity contribution in [2.75, 3.05) is 12.3 Å². The van der Waals surface area contributed by atoms with E-state index in [0.29, 0.717) is 18.2 Å². The Balaban J connectivity index is 2.38. The van der Waals surface area contributed by atoms with Crippen LogP contribution in [-0.4, -0.2) is 11.6 Å². The molecule has 2 rings (SSSR count). The normalized spacial score (nSPS) is 10.7. The van der Waals surface area contributed by atoms with Gasteiger partial charge in [-0.25, -0.2) is 0 Å². The van der Waals surface area contributed by atoms with Crippen LogP contribution < -0.4 is 16.0 Å². The molecule has 0 fully saturated rings. The molecule has 0 amide bonds. The molecule has 3 N–H and O–H groups in total. The van der Waals surface area contributed by atoms with E-state index in [1.54, 1.807) is 12.1 Å². The van der Waals surface area contributed by atoms with Crippen molar-refractivity contribution in [2.45, 2.75) is 13.8 Å². The summed E-state index contributed by atoms with van der Waals surface area (Å²) in [4.78, 5) is 14.3. The van der Waals surface area contributed by atoms with Gasteiger partial charge in [-0.1, -0.05) is 26.0 Å². The van der Waals surface area contributed by atoms with Gasteiger partial charge < -0.3 is 15.5 Å². The van der Waals surface area contributed by atoms with Crippen molar-refractivity contribution in [2.24, 2.45) is 5.92 Å². The monoisotopic (exact) mass is 258 g/mol. The first-order valence-electron chi connectivity index (χ1n) is 6.29. The summed E-state index contributed by atoms with van der Waals surface area (Å²) in [5, 5.41) is 0. The van der Waals surface area contributed by atoms with E-state index < -0.39 is 0 Å². The van der Waals surface area contributed by atoms with Crippen LogP contribution in [0.15, 0.2) is 41.2 Å². The average Bonchev–Trinajstić information content (AvgIpc) is 2.40. The zero-order chi connectivity index (χ0) is 13.8. The summed E-state index contributed by atoms with van der Waals surface area (Å²) in [5.41, 5.74) is 7.03. The second kappa shape index (κ2) is 5.61. The summed E-state index contributed by atoms with van der Waals surface area (Å²) in [5.74, 6) is 1.20. The summed E-state index contributed by atoms with van der Waals surface area (Å²) >= 11 is 0. The van der Waals surface area contributed by atoms with Crippen LogP contribution in [0.2, 0.25) is 0 Å². The van der Waals surface area contributed by atoms with Crippen molar-refractivity contribution in [3.8, 4) is 17.0 Å². The minimum absolute atomic E-state index is 0.212. The van der Waals surface area contributed by atoms with Gasteiger partial charge in [0, 0.05) is 5.56 Å². The standard InChI is InChI=1S/C15H18N2O2/c1-10(2)9-19-14-6-4-3-5-11(14)13-8-7-12(16)15(18)17-13/h3-8,10H,9,16H2,1-2H3,(H,17,18). The van der Waals surface area contributed by atoms with Crippen LogP contribution in [0.3, 0.4) is 0 Å². The van der Waals surface area contributed by atoms with Crippen LogP contribution in [-0.2, 0) is 0 Å². The summed E-state index contributed by atoms with van der Waals surface area (Å²) in [6.45, 7) is 4.82. The molecule has 0 atom stereocenters. The first-order valence-corrected chi connectivity index (χ1v) is 6.29. The third-order valence-corrected chi connectivity index (χ3v) is 2.69. The fourth-order valence-electron chi connectivity index (χ4n) is 1.71. The predicted octanol–water partition coefficient (Wildman–Crippen LogP) is 2.66. The molecule has 0 radical (unpaired) electrons. The van der Waals surface area contributed by atoms with E-state index in [9.17, 15) is 4.79 Å². The van der Waals surface area contributed by atoms with Crippen LogP contribution in [0.4, 0.5) is 5.69 Å². The molecule has 19 heavy (non-hydrogen) atoms. The highest BCUT2D eigenvalue weighted by atomic mass is 16.5. The topological polar surface area (TPSA) is 68.1 Å². The fourth-order valence-corrected chi connectivity index (χ4v) is 1.71. The molecule has 1 aromatic carbocycles. The van der Waals surface area contributed by atoms with Gasteiger partial charge in [0.25, 0.3) is 5.56 Å². The lowest BCUT2D eigenvalue weighted by molar-refractivity contribution is 0.272. The largest absolute Gasteiger partial charge is 0.493 e. The van der Waals surface area contributed by atoms with E-state index in [4.69, 9.17) is 10.5 Å². The number of hydrogen-bond donors (Lipinski definition) is 2. The summed E-state index contributed by atoms with van der Waals surface area (Å²) in [6.07, 6.45) is 0. The van der Waals surface area contributed by atoms with Gasteiger partial charge in [0.1, 0.15) is 5.75 Å². The lowest BCUT2D eigenvalue weighted by Gasteiger charge is -2.13. The number of nitrogen functional groups attached to an aromatic ring is 1. The molecule has 0 aliphatic heterocycles. The first kappa shape index (κ1) is 13.2. The van der Waals surface area contributed by atoms with Gasteiger partial charge in [0.15, 0.2) is 0 Å². The number of nitrogens with one attached hydrogen (secondary N) is 1. The highest BCUT2D eigenvalue weighted by Crippen LogP contribution is 2.28. The predicted molar refractivity (Wildman–Crippen MR) is 77.2 cm³/mol. The number of benzene rings is 1. The van der Waals surface area contributed by atoms with E-state index >= 15 is 0 Å². The number of para-hydroxylation sites is 1. The Labute approximate surface area is 112 Å². The zero-order valence-electron chi connectivity index (χ0n) is 11.1. The van der Waals surface area contributed by atoms with Crippen LogP contribution in [0.25, 0.3) is 11.3 Å². The number of anilines is 1. The number of hydrogen-bond acceptors (Lipinski definition) is 3. The molecule has 0 spiro atoms. The Morgan fingerprint density at radius 2 is 1.95 bits per heavy atom. The molecule has 1 aromatic heterocycles. The van der Waals surface area contributed by atoms with Crippen molar-refractivity contribution >= 4 is 5.69 Å². The smallest absolute Gasteiger partial charge is 0.271 e. The Hall–Kier alpha value is -2.23. The lowest BCUT2D eigenvalue weighted by Crippen LogP contribution is -2.12. The lowest BCUT2D eigenvalue weighted by atomic mass is 10.1. The molecule has 2 aromatic rings. The van der Waals surface area contributed by atoms with Crippen molar-refractivity contribution in [3.05, 3.63) is 46.8 Å². The minimum Gasteiger partial charge on any atom is -0.493 e. The molecular formula is C15H18N2O2. The second-order valence-electron chi connectivity index (χ2n) is 4.86. The van der Waals surface area contributed by atoms with Crippen LogP contribution in [0.1, 0.15) is 13.8 Å². The van der Waals surface area contributed by atoms with Gasteiger partial charge in [-0.2, -0.15) is 0 Å². The Morgan fingerprint density at radius 1 is 1.21 bits per heavy atom. The maximum Gasteiger partial charge on any atom is 0.271 e. The summed E-state index contributed by atoms with van der Waals surface area (Å²) in [7, 11) is 0. The number of pyridine rings is 1. The number of rotatable bonds is 4. The highest BCUT2D eigenvalue weighted by molar-refractivity contribution is 5.67. The fraction of sp³-hybridized carbons (Fsp3) is 0.267. The van der Waals surface area contributed by atoms with E-state index in [1.807, 2.05) is 24.3 Å². The van der Waals surface area contributed by atoms with Gasteiger partial charge in [0.2, 0.25) is 0 Å². The Bertz CT molecular complexity index is 618. The molecule has 4 nitrogen and oxygen atoms in total. The number of nitrogens with two attached hydrogens (primary N) is 1. The molecule has 0 aliphatic rings. The maximum absolute atomic E-state index is 11.6. The third-order valence-electron chi connectivity index (χ3n) is 2.69. The summed E-state index contributed by atoms with van der Waals surface area (Å²) in [6, 6.07) is 11.0. The number of ether oxygens (including phenoxy) is 1. The van der Waals surface area contributed by atoms with Crippen LogP contribution in [0, 0.1) is 5.92 Å². The van der Waals surface area contributed by atoms with Crippen molar-refractivity contribution in [1.29, 1.82) is 0 Å². The number of aromatic nitrogens is 1. The van der Waals surface area contributed by atoms with Gasteiger partial charge in [-0.05, 0) is 30.2 Å². The van der Waals surface area contributed by atoms with Crippen LogP contribution in [0.5, 0.6) is 5.75 Å². The van der Waals surface area contributed by atoms with E-state index in [-0.39, 0.29) is 11.2 Å². The molecular weight excluding hydrogens is 240 g/mol. The van der Waals surface area contributed by atoms with Gasteiger partial charge in [0.05, 0.1) is 18.0 Å². The number of H-pyrrole nitrogens is 1. The minimum atomic E-state index is -0.281. The first-order chi connectivity index (χ1) is 9.08. The maximum atomic E-state index is 11.6.